The number of hydrogen-bond donors (Lipinski definition) is 1. The number of amides is 1. The number of carbonyl (C=O) groups excluding carboxylic acids is 1. The van der Waals surface area contributed by atoms with Crippen molar-refractivity contribution in [2.75, 3.05) is 0 Å². The maximum atomic E-state index is 13.3. The lowest BCUT2D eigenvalue weighted by atomic mass is 9.99. The van der Waals surface area contributed by atoms with Crippen LogP contribution >= 0.6 is 0 Å². The quantitative estimate of drug-likeness (QED) is 0.480. The minimum Gasteiger partial charge on any atom is -0.349 e. The second kappa shape index (κ2) is 9.49. The van der Waals surface area contributed by atoms with Crippen LogP contribution in [0.2, 0.25) is 0 Å². The fourth-order valence-electron chi connectivity index (χ4n) is 5.11. The summed E-state index contributed by atoms with van der Waals surface area (Å²) in [4.78, 5) is 21.4. The van der Waals surface area contributed by atoms with E-state index in [0.717, 1.165) is 30.7 Å². The molecule has 0 spiro atoms. The minimum atomic E-state index is -4.45. The molecule has 37 heavy (non-hydrogen) atoms. The predicted molar refractivity (Wildman–Crippen MR) is 125 cm³/mol. The molecule has 3 atom stereocenters. The molecule has 5 rings (SSSR count). The Hall–Kier alpha value is -3.38. The molecule has 1 saturated heterocycles. The van der Waals surface area contributed by atoms with Crippen molar-refractivity contribution in [1.82, 2.24) is 19.6 Å². The SMILES string of the molecule is O=C(NCc1cc(-c2ccc(C(F)(F)F)cc2)ncn1)C1C2CCC(C2)N1S(=O)(=O)c1ccc(F)cc1. The van der Waals surface area contributed by atoms with E-state index in [-0.39, 0.29) is 23.4 Å². The normalized spacial score (nSPS) is 21.8. The Kier molecular flexibility index (Phi) is 6.48. The summed E-state index contributed by atoms with van der Waals surface area (Å²) in [5.41, 5.74) is 0.471. The number of rotatable bonds is 6. The second-order valence-corrected chi connectivity index (χ2v) is 11.0. The largest absolute Gasteiger partial charge is 0.416 e. The number of benzene rings is 2. The molecule has 1 N–H and O–H groups in total. The third-order valence-electron chi connectivity index (χ3n) is 6.86. The summed E-state index contributed by atoms with van der Waals surface area (Å²) in [6, 6.07) is 9.41. The van der Waals surface area contributed by atoms with Gasteiger partial charge in [0.2, 0.25) is 15.9 Å². The van der Waals surface area contributed by atoms with Crippen LogP contribution in [0.25, 0.3) is 11.3 Å². The van der Waals surface area contributed by atoms with Crippen molar-refractivity contribution < 1.29 is 30.8 Å². The van der Waals surface area contributed by atoms with Crippen LogP contribution in [0.3, 0.4) is 0 Å². The van der Waals surface area contributed by atoms with E-state index < -0.39 is 39.5 Å². The van der Waals surface area contributed by atoms with E-state index in [9.17, 15) is 30.8 Å². The van der Waals surface area contributed by atoms with Crippen LogP contribution in [-0.2, 0) is 27.5 Å². The minimum absolute atomic E-state index is 0.0205. The Morgan fingerprint density at radius 1 is 1.03 bits per heavy atom. The summed E-state index contributed by atoms with van der Waals surface area (Å²) in [5.74, 6) is -1.15. The topological polar surface area (TPSA) is 92.3 Å². The molecular formula is C25H22F4N4O3S. The number of carbonyl (C=O) groups is 1. The molecule has 3 unspecified atom stereocenters. The average molecular weight is 535 g/mol. The lowest BCUT2D eigenvalue weighted by Crippen LogP contribution is -2.52. The Bertz CT molecular complexity index is 1410. The molecule has 1 aliphatic heterocycles. The molecule has 3 aromatic rings. The van der Waals surface area contributed by atoms with E-state index in [1.165, 1.54) is 34.9 Å². The van der Waals surface area contributed by atoms with Gasteiger partial charge in [-0.25, -0.2) is 22.8 Å². The Balaban J connectivity index is 1.31. The molecule has 1 aliphatic carbocycles. The van der Waals surface area contributed by atoms with Crippen LogP contribution in [-0.4, -0.2) is 40.7 Å². The average Bonchev–Trinajstić information content (AvgIpc) is 3.50. The lowest BCUT2D eigenvalue weighted by molar-refractivity contribution is -0.137. The Morgan fingerprint density at radius 3 is 2.41 bits per heavy atom. The first-order valence-electron chi connectivity index (χ1n) is 11.6. The van der Waals surface area contributed by atoms with E-state index in [2.05, 4.69) is 15.3 Å². The smallest absolute Gasteiger partial charge is 0.349 e. The number of aromatic nitrogens is 2. The number of hydrogen-bond acceptors (Lipinski definition) is 5. The van der Waals surface area contributed by atoms with Crippen LogP contribution in [0.15, 0.2) is 65.8 Å². The van der Waals surface area contributed by atoms with Gasteiger partial charge in [-0.2, -0.15) is 17.5 Å². The van der Waals surface area contributed by atoms with Crippen LogP contribution in [0, 0.1) is 11.7 Å². The Labute approximate surface area is 210 Å². The number of fused-ring (bicyclic) bond motifs is 2. The van der Waals surface area contributed by atoms with Crippen LogP contribution in [0.4, 0.5) is 17.6 Å². The molecule has 7 nitrogen and oxygen atoms in total. The van der Waals surface area contributed by atoms with Gasteiger partial charge in [-0.15, -0.1) is 0 Å². The third-order valence-corrected chi connectivity index (χ3v) is 8.81. The second-order valence-electron chi connectivity index (χ2n) is 9.15. The van der Waals surface area contributed by atoms with Crippen molar-refractivity contribution in [3.8, 4) is 11.3 Å². The summed E-state index contributed by atoms with van der Waals surface area (Å²) in [6.07, 6.45) is -1.25. The molecular weight excluding hydrogens is 512 g/mol. The van der Waals surface area contributed by atoms with Crippen molar-refractivity contribution in [3.05, 3.63) is 78.0 Å². The van der Waals surface area contributed by atoms with E-state index in [1.54, 1.807) is 6.07 Å². The highest BCUT2D eigenvalue weighted by Crippen LogP contribution is 2.45. The van der Waals surface area contributed by atoms with Crippen LogP contribution < -0.4 is 5.32 Å². The summed E-state index contributed by atoms with van der Waals surface area (Å²) < 4.78 is 79.8. The molecule has 2 heterocycles. The van der Waals surface area contributed by atoms with Crippen molar-refractivity contribution in [3.63, 3.8) is 0 Å². The number of halogens is 4. The van der Waals surface area contributed by atoms with Crippen molar-refractivity contribution in [2.45, 2.75) is 49.0 Å². The molecule has 1 saturated carbocycles. The fraction of sp³-hybridized carbons (Fsp3) is 0.320. The van der Waals surface area contributed by atoms with Crippen molar-refractivity contribution >= 4 is 15.9 Å². The molecule has 2 fully saturated rings. The highest BCUT2D eigenvalue weighted by atomic mass is 32.2. The van der Waals surface area contributed by atoms with Gasteiger partial charge >= 0.3 is 6.18 Å². The molecule has 1 amide bonds. The number of piperidine rings is 1. The van der Waals surface area contributed by atoms with Gasteiger partial charge in [-0.05, 0) is 67.6 Å². The fourth-order valence-corrected chi connectivity index (χ4v) is 6.99. The molecule has 1 aromatic heterocycles. The number of nitrogens with one attached hydrogen (secondary N) is 1. The van der Waals surface area contributed by atoms with Gasteiger partial charge in [0.1, 0.15) is 18.2 Å². The first-order valence-corrected chi connectivity index (χ1v) is 13.0. The van der Waals surface area contributed by atoms with Gasteiger partial charge in [0.05, 0.1) is 28.4 Å². The van der Waals surface area contributed by atoms with Gasteiger partial charge < -0.3 is 5.32 Å². The number of alkyl halides is 3. The number of sulfonamides is 1. The summed E-state index contributed by atoms with van der Waals surface area (Å²) >= 11 is 0. The van der Waals surface area contributed by atoms with Gasteiger partial charge in [0, 0.05) is 11.6 Å². The number of nitrogens with zero attached hydrogens (tertiary/aromatic N) is 3. The van der Waals surface area contributed by atoms with Crippen molar-refractivity contribution in [1.29, 1.82) is 0 Å². The standard InChI is InChI=1S/C25H22F4N4O3S/c26-18-6-9-21(10-7-18)37(35,36)33-20-8-3-16(11-20)23(33)24(34)30-13-19-12-22(32-14-31-19)15-1-4-17(5-2-15)25(27,28)29/h1-2,4-7,9-10,12,14,16,20,23H,3,8,11,13H2,(H,30,34). The summed E-state index contributed by atoms with van der Waals surface area (Å²) in [7, 11) is -4.02. The first-order chi connectivity index (χ1) is 17.5. The van der Waals surface area contributed by atoms with Crippen molar-refractivity contribution in [2.24, 2.45) is 5.92 Å². The maximum absolute atomic E-state index is 13.3. The molecule has 194 valence electrons. The molecule has 0 radical (unpaired) electrons. The highest BCUT2D eigenvalue weighted by molar-refractivity contribution is 7.89. The van der Waals surface area contributed by atoms with Gasteiger partial charge in [0.15, 0.2) is 0 Å². The van der Waals surface area contributed by atoms with Crippen LogP contribution in [0.1, 0.15) is 30.5 Å². The zero-order valence-electron chi connectivity index (χ0n) is 19.3. The first kappa shape index (κ1) is 25.3. The summed E-state index contributed by atoms with van der Waals surface area (Å²) in [6.45, 7) is -0.0205. The molecule has 2 aromatic carbocycles. The van der Waals surface area contributed by atoms with Gasteiger partial charge in [-0.3, -0.25) is 4.79 Å². The molecule has 2 aliphatic rings. The lowest BCUT2D eigenvalue weighted by Gasteiger charge is -2.33. The third kappa shape index (κ3) is 4.95. The summed E-state index contributed by atoms with van der Waals surface area (Å²) in [5, 5.41) is 2.75. The molecule has 2 bridgehead atoms. The van der Waals surface area contributed by atoms with E-state index in [4.69, 9.17) is 0 Å². The Morgan fingerprint density at radius 2 is 1.73 bits per heavy atom. The van der Waals surface area contributed by atoms with Gasteiger partial charge in [0.25, 0.3) is 0 Å². The highest BCUT2D eigenvalue weighted by Gasteiger charge is 2.54. The van der Waals surface area contributed by atoms with E-state index in [1.807, 2.05) is 0 Å². The van der Waals surface area contributed by atoms with Gasteiger partial charge in [-0.1, -0.05) is 12.1 Å². The zero-order chi connectivity index (χ0) is 26.4. The molecule has 12 heteroatoms. The monoisotopic (exact) mass is 534 g/mol. The maximum Gasteiger partial charge on any atom is 0.416 e. The predicted octanol–water partition coefficient (Wildman–Crippen LogP) is 4.16. The van der Waals surface area contributed by atoms with E-state index in [0.29, 0.717) is 29.8 Å². The van der Waals surface area contributed by atoms with E-state index >= 15 is 0 Å². The zero-order valence-corrected chi connectivity index (χ0v) is 20.1. The van der Waals surface area contributed by atoms with Crippen LogP contribution in [0.5, 0.6) is 0 Å².